The molecule has 0 unspecified atom stereocenters. The van der Waals surface area contributed by atoms with Gasteiger partial charge in [-0.3, -0.25) is 0 Å². The van der Waals surface area contributed by atoms with Gasteiger partial charge in [-0.2, -0.15) is 0 Å². The molecule has 4 heteroatoms. The molecule has 0 amide bonds. The molecule has 132 valence electrons. The van der Waals surface area contributed by atoms with Crippen LogP contribution in [0.4, 0.5) is 0 Å². The molecule has 1 heterocycles. The zero-order valence-electron chi connectivity index (χ0n) is 15.1. The van der Waals surface area contributed by atoms with E-state index in [1.54, 1.807) is 0 Å². The number of aryl methyl sites for hydroxylation is 2. The first kappa shape index (κ1) is 17.4. The highest BCUT2D eigenvalue weighted by Crippen LogP contribution is 2.25. The highest BCUT2D eigenvalue weighted by Gasteiger charge is 2.12. The molecule has 0 spiro atoms. The van der Waals surface area contributed by atoms with E-state index in [-0.39, 0.29) is 0 Å². The zero-order valence-corrected chi connectivity index (χ0v) is 15.9. The van der Waals surface area contributed by atoms with Gasteiger partial charge >= 0.3 is 0 Å². The summed E-state index contributed by atoms with van der Waals surface area (Å²) in [5.41, 5.74) is 5.23. The molecule has 0 N–H and O–H groups in total. The molecule has 0 aliphatic carbocycles. The van der Waals surface area contributed by atoms with E-state index in [9.17, 15) is 0 Å². The van der Waals surface area contributed by atoms with Crippen LogP contribution in [0.25, 0.3) is 34.2 Å². The van der Waals surface area contributed by atoms with Crippen LogP contribution in [0.15, 0.2) is 72.8 Å². The maximum atomic E-state index is 6.03. The van der Waals surface area contributed by atoms with Crippen LogP contribution in [-0.4, -0.2) is 15.0 Å². The molecule has 1 aromatic heterocycles. The average molecular weight is 372 g/mol. The maximum Gasteiger partial charge on any atom is 0.164 e. The molecule has 27 heavy (non-hydrogen) atoms. The van der Waals surface area contributed by atoms with Crippen molar-refractivity contribution in [2.75, 3.05) is 0 Å². The van der Waals surface area contributed by atoms with Gasteiger partial charge in [0.1, 0.15) is 0 Å². The summed E-state index contributed by atoms with van der Waals surface area (Å²) in [6, 6.07) is 23.9. The molecular weight excluding hydrogens is 354 g/mol. The lowest BCUT2D eigenvalue weighted by Crippen LogP contribution is -2.00. The largest absolute Gasteiger partial charge is 0.208 e. The van der Waals surface area contributed by atoms with Gasteiger partial charge in [0.05, 0.1) is 0 Å². The first-order valence-electron chi connectivity index (χ1n) is 8.74. The van der Waals surface area contributed by atoms with E-state index in [1.807, 2.05) is 48.5 Å². The zero-order chi connectivity index (χ0) is 18.8. The summed E-state index contributed by atoms with van der Waals surface area (Å²) in [4.78, 5) is 14.1. The molecule has 4 rings (SSSR count). The molecule has 0 atom stereocenters. The Labute approximate surface area is 163 Å². The molecule has 0 aliphatic heterocycles. The molecule has 0 aliphatic rings. The normalized spacial score (nSPS) is 10.8. The molecule has 0 radical (unpaired) electrons. The monoisotopic (exact) mass is 371 g/mol. The molecule has 4 aromatic rings. The summed E-state index contributed by atoms with van der Waals surface area (Å²) in [5.74, 6) is 1.95. The molecule has 0 saturated heterocycles. The lowest BCUT2D eigenvalue weighted by atomic mass is 10.1. The second-order valence-corrected chi connectivity index (χ2v) is 6.98. The fourth-order valence-electron chi connectivity index (χ4n) is 2.77. The van der Waals surface area contributed by atoms with Crippen LogP contribution in [0.3, 0.4) is 0 Å². The van der Waals surface area contributed by atoms with Gasteiger partial charge in [-0.05, 0) is 38.1 Å². The second-order valence-electron chi connectivity index (χ2n) is 6.55. The van der Waals surface area contributed by atoms with E-state index < -0.39 is 0 Å². The Morgan fingerprint density at radius 2 is 0.778 bits per heavy atom. The lowest BCUT2D eigenvalue weighted by molar-refractivity contribution is 1.07. The Balaban J connectivity index is 1.89. The van der Waals surface area contributed by atoms with Gasteiger partial charge in [0.25, 0.3) is 0 Å². The Morgan fingerprint density at radius 1 is 0.481 bits per heavy atom. The minimum absolute atomic E-state index is 0.632. The second kappa shape index (κ2) is 7.29. The Kier molecular flexibility index (Phi) is 4.69. The van der Waals surface area contributed by atoms with Crippen molar-refractivity contribution in [3.05, 3.63) is 88.9 Å². The lowest BCUT2D eigenvalue weighted by Gasteiger charge is -2.09. The third-order valence-electron chi connectivity index (χ3n) is 4.36. The van der Waals surface area contributed by atoms with Gasteiger partial charge in [-0.15, -0.1) is 0 Å². The summed E-state index contributed by atoms with van der Waals surface area (Å²) in [5, 5.41) is 0.685. The number of aromatic nitrogens is 3. The third kappa shape index (κ3) is 3.88. The van der Waals surface area contributed by atoms with Gasteiger partial charge < -0.3 is 0 Å². The van der Waals surface area contributed by atoms with Gasteiger partial charge in [-0.1, -0.05) is 71.3 Å². The minimum Gasteiger partial charge on any atom is -0.208 e. The first-order valence-corrected chi connectivity index (χ1v) is 9.12. The number of rotatable bonds is 3. The summed E-state index contributed by atoms with van der Waals surface area (Å²) in [6.07, 6.45) is 0. The number of hydrogen-bond donors (Lipinski definition) is 0. The summed E-state index contributed by atoms with van der Waals surface area (Å²) in [7, 11) is 0. The van der Waals surface area contributed by atoms with E-state index in [4.69, 9.17) is 26.6 Å². The van der Waals surface area contributed by atoms with Crippen molar-refractivity contribution in [1.82, 2.24) is 15.0 Å². The van der Waals surface area contributed by atoms with E-state index in [0.29, 0.717) is 22.5 Å². The van der Waals surface area contributed by atoms with E-state index in [1.165, 1.54) is 11.1 Å². The SMILES string of the molecule is Cc1ccc(-c2nc(-c3ccc(C)cc3)nc(-c3ccc(Cl)cc3)n2)cc1. The maximum absolute atomic E-state index is 6.03. The van der Waals surface area contributed by atoms with Crippen LogP contribution < -0.4 is 0 Å². The van der Waals surface area contributed by atoms with E-state index in [2.05, 4.69) is 38.1 Å². The fourth-order valence-corrected chi connectivity index (χ4v) is 2.89. The van der Waals surface area contributed by atoms with Crippen molar-refractivity contribution in [3.8, 4) is 34.2 Å². The summed E-state index contributed by atoms with van der Waals surface area (Å²) < 4.78 is 0. The highest BCUT2D eigenvalue weighted by atomic mass is 35.5. The molecule has 0 fully saturated rings. The number of nitrogens with zero attached hydrogens (tertiary/aromatic N) is 3. The Bertz CT molecular complexity index is 916. The van der Waals surface area contributed by atoms with Crippen molar-refractivity contribution < 1.29 is 0 Å². The van der Waals surface area contributed by atoms with Gasteiger partial charge in [0, 0.05) is 21.7 Å². The predicted molar refractivity (Wildman–Crippen MR) is 111 cm³/mol. The van der Waals surface area contributed by atoms with Gasteiger partial charge in [-0.25, -0.2) is 15.0 Å². The quantitative estimate of drug-likeness (QED) is 0.434. The van der Waals surface area contributed by atoms with Crippen LogP contribution in [0.1, 0.15) is 11.1 Å². The van der Waals surface area contributed by atoms with Crippen molar-refractivity contribution in [2.45, 2.75) is 13.8 Å². The van der Waals surface area contributed by atoms with Crippen LogP contribution in [0.2, 0.25) is 5.02 Å². The van der Waals surface area contributed by atoms with Crippen LogP contribution in [-0.2, 0) is 0 Å². The predicted octanol–water partition coefficient (Wildman–Crippen LogP) is 6.14. The standard InChI is InChI=1S/C23H18ClN3/c1-15-3-7-17(8-4-15)21-25-22(18-9-5-16(2)6-10-18)27-23(26-21)19-11-13-20(24)14-12-19/h3-14H,1-2H3. The minimum atomic E-state index is 0.632. The van der Waals surface area contributed by atoms with Crippen molar-refractivity contribution >= 4 is 11.6 Å². The topological polar surface area (TPSA) is 38.7 Å². The molecule has 0 bridgehead atoms. The van der Waals surface area contributed by atoms with Gasteiger partial charge in [0.15, 0.2) is 17.5 Å². The molecule has 3 nitrogen and oxygen atoms in total. The van der Waals surface area contributed by atoms with Crippen molar-refractivity contribution in [2.24, 2.45) is 0 Å². The summed E-state index contributed by atoms with van der Waals surface area (Å²) in [6.45, 7) is 4.13. The Morgan fingerprint density at radius 3 is 1.11 bits per heavy atom. The van der Waals surface area contributed by atoms with E-state index >= 15 is 0 Å². The van der Waals surface area contributed by atoms with Crippen LogP contribution in [0, 0.1) is 13.8 Å². The van der Waals surface area contributed by atoms with E-state index in [0.717, 1.165) is 16.7 Å². The summed E-state index contributed by atoms with van der Waals surface area (Å²) >= 11 is 6.03. The third-order valence-corrected chi connectivity index (χ3v) is 4.61. The van der Waals surface area contributed by atoms with Gasteiger partial charge in [0.2, 0.25) is 0 Å². The van der Waals surface area contributed by atoms with Crippen molar-refractivity contribution in [3.63, 3.8) is 0 Å². The average Bonchev–Trinajstić information content (AvgIpc) is 2.69. The van der Waals surface area contributed by atoms with Crippen LogP contribution >= 0.6 is 11.6 Å². The molecular formula is C23H18ClN3. The smallest absolute Gasteiger partial charge is 0.164 e. The fraction of sp³-hybridized carbons (Fsp3) is 0.0870. The first-order chi connectivity index (χ1) is 13.1. The number of hydrogen-bond acceptors (Lipinski definition) is 3. The molecule has 3 aromatic carbocycles. The number of halogens is 1. The number of benzene rings is 3. The highest BCUT2D eigenvalue weighted by molar-refractivity contribution is 6.30. The Hall–Kier alpha value is -3.04. The van der Waals surface area contributed by atoms with Crippen LogP contribution in [0.5, 0.6) is 0 Å². The van der Waals surface area contributed by atoms with Crippen molar-refractivity contribution in [1.29, 1.82) is 0 Å². The molecule has 0 saturated carbocycles.